The molecule has 3 nitrogen and oxygen atoms in total. The smallest absolute Gasteiger partial charge is 0.111 e. The van der Waals surface area contributed by atoms with Gasteiger partial charge >= 0.3 is 0 Å². The lowest BCUT2D eigenvalue weighted by Gasteiger charge is -2.23. The highest BCUT2D eigenvalue weighted by Crippen LogP contribution is 2.27. The van der Waals surface area contributed by atoms with E-state index in [1.807, 2.05) is 12.4 Å². The molecule has 2 aromatic rings. The molecule has 1 aliphatic carbocycles. The normalized spacial score (nSPS) is 17.1. The standard InChI is InChI=1S/C15H20ClN3/c16-8-6-15-18-13-10-17-9-7-14(13)19(15)11-12-4-2-1-3-5-12/h7,9-10,12H,1-6,8,11H2. The van der Waals surface area contributed by atoms with Gasteiger partial charge in [0.2, 0.25) is 0 Å². The fourth-order valence-electron chi connectivity index (χ4n) is 3.14. The van der Waals surface area contributed by atoms with Gasteiger partial charge in [-0.2, -0.15) is 0 Å². The lowest BCUT2D eigenvalue weighted by Crippen LogP contribution is -2.16. The van der Waals surface area contributed by atoms with Crippen LogP contribution in [0.15, 0.2) is 18.5 Å². The number of alkyl halides is 1. The summed E-state index contributed by atoms with van der Waals surface area (Å²) in [5, 5.41) is 0. The summed E-state index contributed by atoms with van der Waals surface area (Å²) in [5.74, 6) is 2.54. The number of pyridine rings is 1. The molecule has 2 aromatic heterocycles. The zero-order valence-corrected chi connectivity index (χ0v) is 11.9. The topological polar surface area (TPSA) is 30.7 Å². The Kier molecular flexibility index (Phi) is 4.02. The summed E-state index contributed by atoms with van der Waals surface area (Å²) < 4.78 is 2.37. The highest BCUT2D eigenvalue weighted by Gasteiger charge is 2.17. The summed E-state index contributed by atoms with van der Waals surface area (Å²) in [6.07, 6.45) is 11.4. The van der Waals surface area contributed by atoms with Gasteiger partial charge in [-0.3, -0.25) is 4.98 Å². The van der Waals surface area contributed by atoms with Crippen LogP contribution in [0.2, 0.25) is 0 Å². The molecule has 1 fully saturated rings. The Morgan fingerprint density at radius 1 is 1.26 bits per heavy atom. The third-order valence-corrected chi connectivity index (χ3v) is 4.30. The molecule has 0 bridgehead atoms. The molecule has 3 rings (SSSR count). The minimum absolute atomic E-state index is 0.626. The van der Waals surface area contributed by atoms with Crippen molar-refractivity contribution < 1.29 is 0 Å². The zero-order valence-electron chi connectivity index (χ0n) is 11.2. The third-order valence-electron chi connectivity index (χ3n) is 4.11. The number of imidazole rings is 1. The van der Waals surface area contributed by atoms with Crippen LogP contribution in [0.3, 0.4) is 0 Å². The van der Waals surface area contributed by atoms with E-state index in [1.54, 1.807) is 0 Å². The molecule has 0 atom stereocenters. The highest BCUT2D eigenvalue weighted by molar-refractivity contribution is 6.17. The fraction of sp³-hybridized carbons (Fsp3) is 0.600. The van der Waals surface area contributed by atoms with Gasteiger partial charge in [-0.1, -0.05) is 19.3 Å². The van der Waals surface area contributed by atoms with Gasteiger partial charge in [-0.05, 0) is 24.8 Å². The minimum Gasteiger partial charge on any atom is -0.328 e. The first-order chi connectivity index (χ1) is 9.38. The maximum atomic E-state index is 5.91. The van der Waals surface area contributed by atoms with Gasteiger partial charge in [0.25, 0.3) is 0 Å². The molecule has 102 valence electrons. The summed E-state index contributed by atoms with van der Waals surface area (Å²) >= 11 is 5.91. The van der Waals surface area contributed by atoms with E-state index < -0.39 is 0 Å². The molecule has 0 aliphatic heterocycles. The van der Waals surface area contributed by atoms with E-state index in [0.717, 1.165) is 30.2 Å². The molecular formula is C15H20ClN3. The molecule has 0 spiro atoms. The number of hydrogen-bond acceptors (Lipinski definition) is 2. The Morgan fingerprint density at radius 2 is 2.11 bits per heavy atom. The van der Waals surface area contributed by atoms with Crippen molar-refractivity contribution in [2.75, 3.05) is 5.88 Å². The van der Waals surface area contributed by atoms with Crippen molar-refractivity contribution in [3.8, 4) is 0 Å². The summed E-state index contributed by atoms with van der Waals surface area (Å²) in [4.78, 5) is 8.85. The molecule has 0 radical (unpaired) electrons. The average Bonchev–Trinajstić information content (AvgIpc) is 2.79. The highest BCUT2D eigenvalue weighted by atomic mass is 35.5. The fourth-order valence-corrected chi connectivity index (χ4v) is 3.31. The van der Waals surface area contributed by atoms with Gasteiger partial charge < -0.3 is 4.57 Å². The van der Waals surface area contributed by atoms with Crippen molar-refractivity contribution in [2.24, 2.45) is 5.92 Å². The van der Waals surface area contributed by atoms with E-state index in [-0.39, 0.29) is 0 Å². The monoisotopic (exact) mass is 277 g/mol. The van der Waals surface area contributed by atoms with Crippen molar-refractivity contribution in [3.05, 3.63) is 24.3 Å². The number of fused-ring (bicyclic) bond motifs is 1. The minimum atomic E-state index is 0.626. The van der Waals surface area contributed by atoms with E-state index in [1.165, 1.54) is 37.6 Å². The van der Waals surface area contributed by atoms with Crippen molar-refractivity contribution in [1.29, 1.82) is 0 Å². The molecule has 0 unspecified atom stereocenters. The Morgan fingerprint density at radius 3 is 2.89 bits per heavy atom. The van der Waals surface area contributed by atoms with Crippen LogP contribution in [-0.2, 0) is 13.0 Å². The van der Waals surface area contributed by atoms with Crippen LogP contribution in [0.4, 0.5) is 0 Å². The van der Waals surface area contributed by atoms with Crippen molar-refractivity contribution in [2.45, 2.75) is 45.1 Å². The number of halogens is 1. The van der Waals surface area contributed by atoms with E-state index in [4.69, 9.17) is 11.6 Å². The Labute approximate surface area is 119 Å². The SMILES string of the molecule is ClCCc1nc2cnccc2n1CC1CCCCC1. The maximum Gasteiger partial charge on any atom is 0.111 e. The van der Waals surface area contributed by atoms with Crippen LogP contribution in [0.5, 0.6) is 0 Å². The summed E-state index contributed by atoms with van der Waals surface area (Å²) in [7, 11) is 0. The Bertz CT molecular complexity index is 543. The summed E-state index contributed by atoms with van der Waals surface area (Å²) in [6, 6.07) is 2.07. The van der Waals surface area contributed by atoms with Crippen molar-refractivity contribution >= 4 is 22.6 Å². The summed E-state index contributed by atoms with van der Waals surface area (Å²) in [6.45, 7) is 1.09. The summed E-state index contributed by atoms with van der Waals surface area (Å²) in [5.41, 5.74) is 2.21. The van der Waals surface area contributed by atoms with Gasteiger partial charge in [-0.15, -0.1) is 11.6 Å². The molecule has 2 heterocycles. The Balaban J connectivity index is 1.92. The van der Waals surface area contributed by atoms with Gasteiger partial charge in [0.05, 0.1) is 11.7 Å². The Hall–Kier alpha value is -1.09. The van der Waals surface area contributed by atoms with Crippen molar-refractivity contribution in [1.82, 2.24) is 14.5 Å². The average molecular weight is 278 g/mol. The van der Waals surface area contributed by atoms with Gasteiger partial charge in [0.15, 0.2) is 0 Å². The van der Waals surface area contributed by atoms with Gasteiger partial charge in [0.1, 0.15) is 11.3 Å². The van der Waals surface area contributed by atoms with E-state index in [0.29, 0.717) is 5.88 Å². The quantitative estimate of drug-likeness (QED) is 0.796. The first-order valence-electron chi connectivity index (χ1n) is 7.23. The molecule has 19 heavy (non-hydrogen) atoms. The van der Waals surface area contributed by atoms with E-state index in [2.05, 4.69) is 20.6 Å². The molecular weight excluding hydrogens is 258 g/mol. The molecule has 0 saturated heterocycles. The number of rotatable bonds is 4. The van der Waals surface area contributed by atoms with Gasteiger partial charge in [0, 0.05) is 25.0 Å². The van der Waals surface area contributed by atoms with E-state index >= 15 is 0 Å². The van der Waals surface area contributed by atoms with Gasteiger partial charge in [-0.25, -0.2) is 4.98 Å². The van der Waals surface area contributed by atoms with Crippen LogP contribution < -0.4 is 0 Å². The third kappa shape index (κ3) is 2.76. The van der Waals surface area contributed by atoms with E-state index in [9.17, 15) is 0 Å². The van der Waals surface area contributed by atoms with Crippen LogP contribution in [0.1, 0.15) is 37.9 Å². The largest absolute Gasteiger partial charge is 0.328 e. The predicted molar refractivity (Wildman–Crippen MR) is 78.5 cm³/mol. The molecule has 0 N–H and O–H groups in total. The lowest BCUT2D eigenvalue weighted by atomic mass is 9.89. The van der Waals surface area contributed by atoms with Crippen LogP contribution in [0, 0.1) is 5.92 Å². The first-order valence-corrected chi connectivity index (χ1v) is 7.77. The first kappa shape index (κ1) is 12.9. The number of nitrogens with zero attached hydrogens (tertiary/aromatic N) is 3. The number of hydrogen-bond donors (Lipinski definition) is 0. The molecule has 1 aliphatic rings. The van der Waals surface area contributed by atoms with Crippen LogP contribution >= 0.6 is 11.6 Å². The van der Waals surface area contributed by atoms with Crippen molar-refractivity contribution in [3.63, 3.8) is 0 Å². The molecule has 0 amide bonds. The second-order valence-electron chi connectivity index (χ2n) is 5.45. The molecule has 4 heteroatoms. The molecule has 1 saturated carbocycles. The molecule has 0 aromatic carbocycles. The van der Waals surface area contributed by atoms with Crippen LogP contribution in [-0.4, -0.2) is 20.4 Å². The maximum absolute atomic E-state index is 5.91. The zero-order chi connectivity index (χ0) is 13.1. The lowest BCUT2D eigenvalue weighted by molar-refractivity contribution is 0.319. The second-order valence-corrected chi connectivity index (χ2v) is 5.82. The number of aromatic nitrogens is 3. The second kappa shape index (κ2) is 5.91. The van der Waals surface area contributed by atoms with Crippen LogP contribution in [0.25, 0.3) is 11.0 Å². The number of aryl methyl sites for hydroxylation is 1. The predicted octanol–water partition coefficient (Wildman–Crippen LogP) is 3.79.